The molecule has 1 N–H and O–H groups in total. The Bertz CT molecular complexity index is 1190. The van der Waals surface area contributed by atoms with Gasteiger partial charge in [-0.05, 0) is 72.9 Å². The van der Waals surface area contributed by atoms with E-state index in [-0.39, 0.29) is 30.3 Å². The van der Waals surface area contributed by atoms with Crippen molar-refractivity contribution in [1.29, 1.82) is 5.26 Å². The van der Waals surface area contributed by atoms with E-state index >= 15 is 0 Å². The summed E-state index contributed by atoms with van der Waals surface area (Å²) in [6.07, 6.45) is 3.43. The number of rotatable bonds is 6. The molecule has 1 heterocycles. The van der Waals surface area contributed by atoms with Gasteiger partial charge < -0.3 is 15.1 Å². The van der Waals surface area contributed by atoms with Gasteiger partial charge in [0.2, 0.25) is 0 Å². The largest absolute Gasteiger partial charge is 0.322 e. The summed E-state index contributed by atoms with van der Waals surface area (Å²) < 4.78 is 27.3. The number of hydrogen-bond donors (Lipinski definition) is 1. The first-order valence-electron chi connectivity index (χ1n) is 12.8. The zero-order chi connectivity index (χ0) is 26.2. The van der Waals surface area contributed by atoms with Gasteiger partial charge in [-0.2, -0.15) is 5.26 Å². The van der Waals surface area contributed by atoms with E-state index in [9.17, 15) is 18.8 Å². The normalized spacial score (nSPS) is 26.6. The summed E-state index contributed by atoms with van der Waals surface area (Å²) in [6, 6.07) is 14.9. The molecule has 5 nitrogen and oxygen atoms in total. The highest BCUT2D eigenvalue weighted by molar-refractivity contribution is 6.35. The minimum Gasteiger partial charge on any atom is -0.320 e. The van der Waals surface area contributed by atoms with E-state index in [1.807, 2.05) is 28.0 Å². The highest BCUT2D eigenvalue weighted by atomic mass is 35.5. The number of anilines is 1. The van der Waals surface area contributed by atoms with Crippen LogP contribution in [-0.4, -0.2) is 54.0 Å². The third kappa shape index (κ3) is 5.87. The van der Waals surface area contributed by atoms with Gasteiger partial charge in [-0.1, -0.05) is 35.3 Å². The zero-order valence-electron chi connectivity index (χ0n) is 20.5. The molecule has 2 aromatic carbocycles. The molecule has 3 aliphatic rings. The van der Waals surface area contributed by atoms with Crippen molar-refractivity contribution in [3.05, 3.63) is 63.6 Å². The van der Waals surface area contributed by atoms with E-state index in [0.717, 1.165) is 25.7 Å². The minimum atomic E-state index is -2.60. The molecule has 9 heteroatoms. The maximum absolute atomic E-state index is 13.6. The number of nitrogens with one attached hydrogen (secondary N) is 1. The smallest absolute Gasteiger partial charge is 0.320 e. The molecule has 0 bridgehead atoms. The molecule has 1 unspecified atom stereocenters. The standard InChI is InChI=1S/C28H30Cl2F2N4O/c29-22-14-23(30)16-24(15-22)34-26(37)36(11-10-35-8-6-28(31,32)7-9-35)25-4-5-27(17-21(27)13-25)20-3-1-2-19(12-20)18-33/h1-3,12,14-16,21,25H,4-11,13,17H2,(H,34,37)/t21?,25-,27-/m1/s1. The molecule has 3 atom stereocenters. The van der Waals surface area contributed by atoms with Crippen LogP contribution in [0.5, 0.6) is 0 Å². The Morgan fingerprint density at radius 3 is 2.54 bits per heavy atom. The Labute approximate surface area is 226 Å². The third-order valence-corrected chi connectivity index (χ3v) is 8.78. The van der Waals surface area contributed by atoms with Crippen LogP contribution >= 0.6 is 23.2 Å². The predicted octanol–water partition coefficient (Wildman–Crippen LogP) is 6.94. The van der Waals surface area contributed by atoms with Crippen molar-refractivity contribution in [1.82, 2.24) is 9.80 Å². The van der Waals surface area contributed by atoms with Crippen LogP contribution in [-0.2, 0) is 5.41 Å². The number of nitrogens with zero attached hydrogens (tertiary/aromatic N) is 3. The lowest BCUT2D eigenvalue weighted by atomic mass is 9.80. The first-order chi connectivity index (χ1) is 17.7. The molecule has 196 valence electrons. The molecule has 1 aliphatic heterocycles. The fourth-order valence-electron chi connectivity index (χ4n) is 6.17. The summed E-state index contributed by atoms with van der Waals surface area (Å²) in [5.74, 6) is -2.15. The molecule has 2 aliphatic carbocycles. The molecule has 0 spiro atoms. The van der Waals surface area contributed by atoms with Gasteiger partial charge in [0, 0.05) is 60.8 Å². The predicted molar refractivity (Wildman–Crippen MR) is 141 cm³/mol. The van der Waals surface area contributed by atoms with Crippen LogP contribution in [0.3, 0.4) is 0 Å². The van der Waals surface area contributed by atoms with Crippen molar-refractivity contribution in [2.24, 2.45) is 5.92 Å². The molecule has 5 rings (SSSR count). The average molecular weight is 547 g/mol. The monoisotopic (exact) mass is 546 g/mol. The number of likely N-dealkylation sites (tertiary alicyclic amines) is 1. The number of benzene rings is 2. The van der Waals surface area contributed by atoms with Crippen LogP contribution in [0, 0.1) is 17.2 Å². The average Bonchev–Trinajstić information content (AvgIpc) is 3.60. The van der Waals surface area contributed by atoms with Crippen LogP contribution in [0.15, 0.2) is 42.5 Å². The van der Waals surface area contributed by atoms with Crippen molar-refractivity contribution < 1.29 is 13.6 Å². The van der Waals surface area contributed by atoms with Crippen molar-refractivity contribution in [3.63, 3.8) is 0 Å². The number of fused-ring (bicyclic) bond motifs is 1. The Morgan fingerprint density at radius 1 is 1.14 bits per heavy atom. The van der Waals surface area contributed by atoms with Gasteiger partial charge >= 0.3 is 6.03 Å². The second-order valence-corrected chi connectivity index (χ2v) is 11.5. The SMILES string of the molecule is N#Cc1cccc([C@]23CC[C@@H](N(CCN4CCC(F)(F)CC4)C(=O)Nc4cc(Cl)cc(Cl)c4)CC2C3)c1. The molecule has 1 saturated heterocycles. The molecule has 3 fully saturated rings. The zero-order valence-corrected chi connectivity index (χ0v) is 22.0. The quantitative estimate of drug-likeness (QED) is 0.426. The van der Waals surface area contributed by atoms with Gasteiger partial charge in [0.25, 0.3) is 5.92 Å². The Kier molecular flexibility index (Phi) is 7.37. The topological polar surface area (TPSA) is 59.4 Å². The number of alkyl halides is 2. The minimum absolute atomic E-state index is 0.0423. The Hall–Kier alpha value is -2.40. The van der Waals surface area contributed by atoms with E-state index in [2.05, 4.69) is 17.5 Å². The first-order valence-corrected chi connectivity index (χ1v) is 13.6. The van der Waals surface area contributed by atoms with Crippen molar-refractivity contribution in [3.8, 4) is 6.07 Å². The van der Waals surface area contributed by atoms with Gasteiger partial charge in [0.05, 0.1) is 11.6 Å². The summed E-state index contributed by atoms with van der Waals surface area (Å²) in [5, 5.41) is 13.1. The van der Waals surface area contributed by atoms with E-state index in [4.69, 9.17) is 23.2 Å². The molecule has 0 radical (unpaired) electrons. The summed E-state index contributed by atoms with van der Waals surface area (Å²) in [6.45, 7) is 1.67. The number of piperidine rings is 1. The van der Waals surface area contributed by atoms with Crippen molar-refractivity contribution in [2.45, 2.75) is 55.9 Å². The van der Waals surface area contributed by atoms with Crippen LogP contribution in [0.1, 0.15) is 49.7 Å². The maximum atomic E-state index is 13.6. The summed E-state index contributed by atoms with van der Waals surface area (Å²) >= 11 is 12.3. The maximum Gasteiger partial charge on any atom is 0.322 e. The fourth-order valence-corrected chi connectivity index (χ4v) is 6.70. The number of carbonyl (C=O) groups is 1. The van der Waals surface area contributed by atoms with Gasteiger partial charge in [-0.25, -0.2) is 13.6 Å². The fraction of sp³-hybridized carbons (Fsp3) is 0.500. The summed E-state index contributed by atoms with van der Waals surface area (Å²) in [5.41, 5.74) is 2.50. The second-order valence-electron chi connectivity index (χ2n) is 10.7. The first kappa shape index (κ1) is 26.2. The lowest BCUT2D eigenvalue weighted by Crippen LogP contribution is -2.50. The Morgan fingerprint density at radius 2 is 1.86 bits per heavy atom. The van der Waals surface area contributed by atoms with Crippen LogP contribution in [0.2, 0.25) is 10.0 Å². The number of amides is 2. The molecule has 2 saturated carbocycles. The van der Waals surface area contributed by atoms with Crippen molar-refractivity contribution >= 4 is 34.9 Å². The Balaban J connectivity index is 1.29. The van der Waals surface area contributed by atoms with Crippen LogP contribution in [0.4, 0.5) is 19.3 Å². The summed E-state index contributed by atoms with van der Waals surface area (Å²) in [7, 11) is 0. The van der Waals surface area contributed by atoms with E-state index < -0.39 is 5.92 Å². The van der Waals surface area contributed by atoms with E-state index in [1.165, 1.54) is 5.56 Å². The number of hydrogen-bond acceptors (Lipinski definition) is 3. The van der Waals surface area contributed by atoms with Gasteiger partial charge in [0.15, 0.2) is 0 Å². The van der Waals surface area contributed by atoms with Gasteiger partial charge in [0.1, 0.15) is 0 Å². The van der Waals surface area contributed by atoms with Crippen LogP contribution in [0.25, 0.3) is 0 Å². The highest BCUT2D eigenvalue weighted by Crippen LogP contribution is 2.62. The number of nitriles is 1. The lowest BCUT2D eigenvalue weighted by Gasteiger charge is -2.39. The van der Waals surface area contributed by atoms with Crippen molar-refractivity contribution in [2.75, 3.05) is 31.5 Å². The number of urea groups is 1. The lowest BCUT2D eigenvalue weighted by molar-refractivity contribution is -0.0560. The van der Waals surface area contributed by atoms with E-state index in [0.29, 0.717) is 53.4 Å². The van der Waals surface area contributed by atoms with Gasteiger partial charge in [-0.3, -0.25) is 0 Å². The molecule has 2 amide bonds. The molecule has 37 heavy (non-hydrogen) atoms. The number of halogens is 4. The molecular weight excluding hydrogens is 517 g/mol. The molecular formula is C28H30Cl2F2N4O. The highest BCUT2D eigenvalue weighted by Gasteiger charge is 2.58. The number of carbonyl (C=O) groups excluding carboxylic acids is 1. The summed E-state index contributed by atoms with van der Waals surface area (Å²) in [4.78, 5) is 17.4. The van der Waals surface area contributed by atoms with Crippen LogP contribution < -0.4 is 5.32 Å². The molecule has 2 aromatic rings. The van der Waals surface area contributed by atoms with E-state index in [1.54, 1.807) is 18.2 Å². The second kappa shape index (κ2) is 10.4. The third-order valence-electron chi connectivity index (χ3n) is 8.34. The van der Waals surface area contributed by atoms with Gasteiger partial charge in [-0.15, -0.1) is 0 Å². The molecule has 0 aromatic heterocycles.